The highest BCUT2D eigenvalue weighted by atomic mass is 32.2. The topological polar surface area (TPSA) is 57.6 Å². The molecule has 78 valence electrons. The van der Waals surface area contributed by atoms with Crippen molar-refractivity contribution < 1.29 is 17.9 Å². The van der Waals surface area contributed by atoms with Gasteiger partial charge in [-0.05, 0) is 12.8 Å². The van der Waals surface area contributed by atoms with Crippen molar-refractivity contribution >= 4 is 10.0 Å². The molecule has 0 bridgehead atoms. The standard InChI is InChI=1S/C7H14FNO3S/c1-13(11,12)9-4-2-7(8,6-10)3-5-9/h10H,2-6H2,1H3. The van der Waals surface area contributed by atoms with E-state index in [2.05, 4.69) is 0 Å². The molecule has 0 aromatic rings. The summed E-state index contributed by atoms with van der Waals surface area (Å²) in [6.07, 6.45) is 1.27. The number of alkyl halides is 1. The van der Waals surface area contributed by atoms with Crippen molar-refractivity contribution in [2.24, 2.45) is 0 Å². The Balaban J connectivity index is 2.58. The molecule has 1 rings (SSSR count). The van der Waals surface area contributed by atoms with Gasteiger partial charge in [0, 0.05) is 13.1 Å². The van der Waals surface area contributed by atoms with Crippen molar-refractivity contribution in [3.8, 4) is 0 Å². The normalized spacial score (nSPS) is 24.5. The first kappa shape index (κ1) is 10.9. The second-order valence-electron chi connectivity index (χ2n) is 3.47. The predicted octanol–water partition coefficient (Wildman–Crippen LogP) is -0.258. The number of rotatable bonds is 2. The van der Waals surface area contributed by atoms with E-state index in [0.717, 1.165) is 6.26 Å². The molecule has 1 N–H and O–H groups in total. The molecule has 0 amide bonds. The van der Waals surface area contributed by atoms with Gasteiger partial charge in [0.05, 0.1) is 12.9 Å². The number of aliphatic hydroxyl groups is 1. The molecular weight excluding hydrogens is 197 g/mol. The molecule has 1 fully saturated rings. The van der Waals surface area contributed by atoms with E-state index in [-0.39, 0.29) is 25.9 Å². The fourth-order valence-electron chi connectivity index (χ4n) is 1.38. The van der Waals surface area contributed by atoms with Crippen LogP contribution in [0.3, 0.4) is 0 Å². The summed E-state index contributed by atoms with van der Waals surface area (Å²) in [5, 5.41) is 8.70. The van der Waals surface area contributed by atoms with E-state index in [0.29, 0.717) is 0 Å². The fraction of sp³-hybridized carbons (Fsp3) is 1.00. The van der Waals surface area contributed by atoms with Gasteiger partial charge in [-0.3, -0.25) is 0 Å². The van der Waals surface area contributed by atoms with Gasteiger partial charge in [0.1, 0.15) is 5.67 Å². The van der Waals surface area contributed by atoms with Crippen LogP contribution in [-0.4, -0.2) is 49.5 Å². The van der Waals surface area contributed by atoms with Gasteiger partial charge in [-0.2, -0.15) is 0 Å². The first-order valence-electron chi connectivity index (χ1n) is 4.12. The Kier molecular flexibility index (Phi) is 2.94. The van der Waals surface area contributed by atoms with E-state index in [1.165, 1.54) is 4.31 Å². The van der Waals surface area contributed by atoms with E-state index in [9.17, 15) is 12.8 Å². The lowest BCUT2D eigenvalue weighted by atomic mass is 9.96. The minimum atomic E-state index is -3.20. The van der Waals surface area contributed by atoms with Gasteiger partial charge < -0.3 is 5.11 Å². The quantitative estimate of drug-likeness (QED) is 0.684. The first-order valence-corrected chi connectivity index (χ1v) is 5.97. The largest absolute Gasteiger partial charge is 0.393 e. The zero-order valence-corrected chi connectivity index (χ0v) is 8.35. The Morgan fingerprint density at radius 3 is 2.23 bits per heavy atom. The van der Waals surface area contributed by atoms with Gasteiger partial charge in [0.25, 0.3) is 0 Å². The molecule has 1 aliphatic heterocycles. The number of halogens is 1. The summed E-state index contributed by atoms with van der Waals surface area (Å²) in [5.74, 6) is 0. The van der Waals surface area contributed by atoms with Crippen molar-refractivity contribution in [1.82, 2.24) is 4.31 Å². The van der Waals surface area contributed by atoms with E-state index in [1.807, 2.05) is 0 Å². The second kappa shape index (κ2) is 3.51. The van der Waals surface area contributed by atoms with Gasteiger partial charge in [0.2, 0.25) is 10.0 Å². The molecule has 0 aromatic heterocycles. The van der Waals surface area contributed by atoms with Crippen molar-refractivity contribution in [1.29, 1.82) is 0 Å². The van der Waals surface area contributed by atoms with E-state index in [4.69, 9.17) is 5.11 Å². The SMILES string of the molecule is CS(=O)(=O)N1CCC(F)(CO)CC1. The zero-order valence-electron chi connectivity index (χ0n) is 7.53. The smallest absolute Gasteiger partial charge is 0.211 e. The third-order valence-electron chi connectivity index (χ3n) is 2.37. The Morgan fingerprint density at radius 2 is 1.92 bits per heavy atom. The number of piperidine rings is 1. The van der Waals surface area contributed by atoms with Gasteiger partial charge in [-0.15, -0.1) is 0 Å². The molecular formula is C7H14FNO3S. The lowest BCUT2D eigenvalue weighted by Crippen LogP contribution is -2.45. The number of nitrogens with zero attached hydrogens (tertiary/aromatic N) is 1. The molecule has 4 nitrogen and oxygen atoms in total. The molecule has 6 heteroatoms. The van der Waals surface area contributed by atoms with Gasteiger partial charge in [-0.1, -0.05) is 0 Å². The van der Waals surface area contributed by atoms with Crippen LogP contribution in [0.4, 0.5) is 4.39 Å². The highest BCUT2D eigenvalue weighted by Gasteiger charge is 2.36. The van der Waals surface area contributed by atoms with Crippen LogP contribution in [0.2, 0.25) is 0 Å². The summed E-state index contributed by atoms with van der Waals surface area (Å²) in [4.78, 5) is 0. The molecule has 13 heavy (non-hydrogen) atoms. The molecule has 0 spiro atoms. The minimum Gasteiger partial charge on any atom is -0.393 e. The van der Waals surface area contributed by atoms with Gasteiger partial charge in [0.15, 0.2) is 0 Å². The van der Waals surface area contributed by atoms with Crippen LogP contribution in [0.5, 0.6) is 0 Å². The van der Waals surface area contributed by atoms with E-state index in [1.54, 1.807) is 0 Å². The second-order valence-corrected chi connectivity index (χ2v) is 5.45. The summed E-state index contributed by atoms with van der Waals surface area (Å²) in [5.41, 5.74) is -1.58. The maximum absolute atomic E-state index is 13.4. The monoisotopic (exact) mass is 211 g/mol. The number of aliphatic hydroxyl groups excluding tert-OH is 1. The average molecular weight is 211 g/mol. The molecule has 0 saturated carbocycles. The number of hydrogen-bond acceptors (Lipinski definition) is 3. The summed E-state index contributed by atoms with van der Waals surface area (Å²) >= 11 is 0. The molecule has 0 aliphatic carbocycles. The van der Waals surface area contributed by atoms with Gasteiger partial charge in [-0.25, -0.2) is 17.1 Å². The van der Waals surface area contributed by atoms with E-state index < -0.39 is 22.3 Å². The summed E-state index contributed by atoms with van der Waals surface area (Å²) in [6, 6.07) is 0. The molecule has 0 radical (unpaired) electrons. The highest BCUT2D eigenvalue weighted by molar-refractivity contribution is 7.88. The van der Waals surface area contributed by atoms with Crippen LogP contribution >= 0.6 is 0 Å². The Hall–Kier alpha value is -0.200. The lowest BCUT2D eigenvalue weighted by molar-refractivity contribution is 0.0267. The van der Waals surface area contributed by atoms with Crippen molar-refractivity contribution in [3.05, 3.63) is 0 Å². The number of sulfonamides is 1. The van der Waals surface area contributed by atoms with Crippen molar-refractivity contribution in [3.63, 3.8) is 0 Å². The molecule has 0 aromatic carbocycles. The van der Waals surface area contributed by atoms with Crippen LogP contribution in [0.1, 0.15) is 12.8 Å². The highest BCUT2D eigenvalue weighted by Crippen LogP contribution is 2.26. The average Bonchev–Trinajstić information content (AvgIpc) is 2.04. The maximum Gasteiger partial charge on any atom is 0.211 e. The Morgan fingerprint density at radius 1 is 1.46 bits per heavy atom. The van der Waals surface area contributed by atoms with Crippen LogP contribution < -0.4 is 0 Å². The zero-order chi connectivity index (χ0) is 10.1. The summed E-state index contributed by atoms with van der Waals surface area (Å²) in [7, 11) is -3.20. The van der Waals surface area contributed by atoms with Crippen molar-refractivity contribution in [2.75, 3.05) is 26.0 Å². The van der Waals surface area contributed by atoms with Crippen molar-refractivity contribution in [2.45, 2.75) is 18.5 Å². The Bertz CT molecular complexity index is 269. The summed E-state index contributed by atoms with van der Waals surface area (Å²) in [6.45, 7) is -0.198. The maximum atomic E-state index is 13.4. The third-order valence-corrected chi connectivity index (χ3v) is 3.67. The molecule has 1 aliphatic rings. The first-order chi connectivity index (χ1) is 5.87. The molecule has 1 saturated heterocycles. The summed E-state index contributed by atoms with van der Waals surface area (Å²) < 4.78 is 36.7. The van der Waals surface area contributed by atoms with E-state index >= 15 is 0 Å². The molecule has 0 unspecified atom stereocenters. The van der Waals surface area contributed by atoms with Crippen LogP contribution in [-0.2, 0) is 10.0 Å². The van der Waals surface area contributed by atoms with Crippen LogP contribution in [0.25, 0.3) is 0 Å². The van der Waals surface area contributed by atoms with Crippen LogP contribution in [0, 0.1) is 0 Å². The van der Waals surface area contributed by atoms with Gasteiger partial charge >= 0.3 is 0 Å². The third kappa shape index (κ3) is 2.62. The molecule has 1 heterocycles. The fourth-order valence-corrected chi connectivity index (χ4v) is 2.22. The lowest BCUT2D eigenvalue weighted by Gasteiger charge is -2.33. The van der Waals surface area contributed by atoms with Crippen LogP contribution in [0.15, 0.2) is 0 Å². The number of hydrogen-bond donors (Lipinski definition) is 1. The Labute approximate surface area is 77.4 Å². The minimum absolute atomic E-state index is 0.0799. The molecule has 0 atom stereocenters. The predicted molar refractivity (Wildman–Crippen MR) is 46.6 cm³/mol.